The zero-order valence-corrected chi connectivity index (χ0v) is 17.0. The summed E-state index contributed by atoms with van der Waals surface area (Å²) in [5.41, 5.74) is 0.853. The molecule has 2 aromatic heterocycles. The van der Waals surface area contributed by atoms with E-state index in [-0.39, 0.29) is 11.1 Å². The van der Waals surface area contributed by atoms with Crippen LogP contribution in [0, 0.1) is 0 Å². The summed E-state index contributed by atoms with van der Waals surface area (Å²) in [6.45, 7) is 1.43. The lowest BCUT2D eigenvalue weighted by Gasteiger charge is -2.31. The number of nitrogens with one attached hydrogen (secondary N) is 1. The number of carboxylic acid groups (broad SMARTS) is 1. The Bertz CT molecular complexity index is 1100. The second-order valence-corrected chi connectivity index (χ2v) is 8.88. The average Bonchev–Trinajstić information content (AvgIpc) is 3.44. The minimum atomic E-state index is -4.71. The quantitative estimate of drug-likeness (QED) is 0.604. The highest BCUT2D eigenvalue weighted by Gasteiger charge is 2.43. The van der Waals surface area contributed by atoms with Crippen LogP contribution in [-0.2, 0) is 4.79 Å². The molecular formula is C20H19F3N4O3S. The van der Waals surface area contributed by atoms with Crippen LogP contribution in [0.5, 0.6) is 0 Å². The summed E-state index contributed by atoms with van der Waals surface area (Å²) in [7, 11) is 0. The SMILES string of the molecule is O=C(O)CC(c1cc(-c2nccs2)c2oc(N3CC4CCC(C3)N4)nc2c1)C(F)(F)F. The number of carboxylic acids is 1. The summed E-state index contributed by atoms with van der Waals surface area (Å²) in [6, 6.07) is 3.67. The van der Waals surface area contributed by atoms with Crippen molar-refractivity contribution in [1.29, 1.82) is 0 Å². The summed E-state index contributed by atoms with van der Waals surface area (Å²) < 4.78 is 47.1. The van der Waals surface area contributed by atoms with Crippen molar-refractivity contribution < 1.29 is 27.5 Å². The lowest BCUT2D eigenvalue weighted by Crippen LogP contribution is -2.51. The van der Waals surface area contributed by atoms with Gasteiger partial charge in [0.1, 0.15) is 10.5 Å². The smallest absolute Gasteiger partial charge is 0.396 e. The van der Waals surface area contributed by atoms with Crippen LogP contribution in [0.1, 0.15) is 30.7 Å². The predicted molar refractivity (Wildman–Crippen MR) is 108 cm³/mol. The van der Waals surface area contributed by atoms with E-state index < -0.39 is 24.5 Å². The highest BCUT2D eigenvalue weighted by atomic mass is 32.1. The molecule has 0 amide bonds. The first-order valence-electron chi connectivity index (χ1n) is 9.92. The molecule has 3 atom stereocenters. The van der Waals surface area contributed by atoms with Gasteiger partial charge in [-0.3, -0.25) is 4.79 Å². The molecular weight excluding hydrogens is 433 g/mol. The second-order valence-electron chi connectivity index (χ2n) is 7.99. The predicted octanol–water partition coefficient (Wildman–Crippen LogP) is 4.01. The molecule has 0 spiro atoms. The number of halogens is 3. The molecule has 0 radical (unpaired) electrons. The third-order valence-corrected chi connectivity index (χ3v) is 6.63. The number of carbonyl (C=O) groups is 1. The van der Waals surface area contributed by atoms with Gasteiger partial charge in [-0.2, -0.15) is 18.2 Å². The summed E-state index contributed by atoms with van der Waals surface area (Å²) in [5.74, 6) is -3.67. The monoisotopic (exact) mass is 452 g/mol. The summed E-state index contributed by atoms with van der Waals surface area (Å²) in [4.78, 5) is 21.9. The van der Waals surface area contributed by atoms with Crippen molar-refractivity contribution in [3.8, 4) is 10.6 Å². The number of hydrogen-bond acceptors (Lipinski definition) is 7. The Morgan fingerprint density at radius 2 is 2.06 bits per heavy atom. The number of oxazole rings is 1. The normalized spacial score (nSPS) is 22.2. The fourth-order valence-electron chi connectivity index (χ4n) is 4.44. The molecule has 0 aliphatic carbocycles. The second kappa shape index (κ2) is 7.49. The van der Waals surface area contributed by atoms with Gasteiger partial charge in [0.2, 0.25) is 0 Å². The standard InChI is InChI=1S/C20H19F3N4O3S/c21-20(22,23)14(7-16(28)29)10-5-13(18-24-3-4-31-18)17-15(6-10)26-19(30-17)27-8-11-1-2-12(9-27)25-11/h3-6,11-12,14,25H,1-2,7-9H2,(H,28,29). The van der Waals surface area contributed by atoms with Crippen LogP contribution in [0.15, 0.2) is 28.1 Å². The third-order valence-electron chi connectivity index (χ3n) is 5.83. The van der Waals surface area contributed by atoms with E-state index in [0.717, 1.165) is 12.8 Å². The molecule has 11 heteroatoms. The Labute approximate surface area is 178 Å². The molecule has 7 nitrogen and oxygen atoms in total. The first kappa shape index (κ1) is 20.3. The van der Waals surface area contributed by atoms with E-state index in [0.29, 0.717) is 47.3 Å². The Kier molecular flexibility index (Phi) is 4.89. The molecule has 1 aromatic carbocycles. The molecule has 0 saturated carbocycles. The molecule has 2 aliphatic heterocycles. The van der Waals surface area contributed by atoms with Gasteiger partial charge < -0.3 is 19.7 Å². The molecule has 5 rings (SSSR count). The van der Waals surface area contributed by atoms with Crippen molar-refractivity contribution >= 4 is 34.4 Å². The number of nitrogens with zero attached hydrogens (tertiary/aromatic N) is 3. The number of aliphatic carboxylic acids is 1. The van der Waals surface area contributed by atoms with Gasteiger partial charge in [-0.05, 0) is 30.5 Å². The van der Waals surface area contributed by atoms with Crippen molar-refractivity contribution in [3.63, 3.8) is 0 Å². The van der Waals surface area contributed by atoms with Crippen LogP contribution in [0.2, 0.25) is 0 Å². The van der Waals surface area contributed by atoms with E-state index in [1.165, 1.54) is 23.5 Å². The van der Waals surface area contributed by atoms with Crippen LogP contribution in [0.3, 0.4) is 0 Å². The number of benzene rings is 1. The lowest BCUT2D eigenvalue weighted by atomic mass is 9.93. The Hall–Kier alpha value is -2.66. The fraction of sp³-hybridized carbons (Fsp3) is 0.450. The fourth-order valence-corrected chi connectivity index (χ4v) is 5.10. The molecule has 4 heterocycles. The van der Waals surface area contributed by atoms with Gasteiger partial charge in [0, 0.05) is 36.8 Å². The first-order chi connectivity index (χ1) is 14.8. The number of alkyl halides is 3. The Morgan fingerprint density at radius 3 is 2.68 bits per heavy atom. The van der Waals surface area contributed by atoms with E-state index in [9.17, 15) is 18.0 Å². The molecule has 164 valence electrons. The van der Waals surface area contributed by atoms with Crippen LogP contribution in [0.25, 0.3) is 21.7 Å². The molecule has 31 heavy (non-hydrogen) atoms. The molecule has 2 bridgehead atoms. The van der Waals surface area contributed by atoms with Gasteiger partial charge in [-0.25, -0.2) is 4.98 Å². The van der Waals surface area contributed by atoms with E-state index in [2.05, 4.69) is 15.3 Å². The van der Waals surface area contributed by atoms with Gasteiger partial charge in [0.25, 0.3) is 6.01 Å². The summed E-state index contributed by atoms with van der Waals surface area (Å²) in [6.07, 6.45) is -2.08. The number of thiazole rings is 1. The largest absolute Gasteiger partial charge is 0.481 e. The van der Waals surface area contributed by atoms with Crippen molar-refractivity contribution in [1.82, 2.24) is 15.3 Å². The minimum Gasteiger partial charge on any atom is -0.481 e. The molecule has 2 fully saturated rings. The number of aromatic nitrogens is 2. The van der Waals surface area contributed by atoms with Crippen molar-refractivity contribution in [2.75, 3.05) is 18.0 Å². The number of rotatable bonds is 5. The summed E-state index contributed by atoms with van der Waals surface area (Å²) in [5, 5.41) is 14.8. The number of hydrogen-bond donors (Lipinski definition) is 2. The maximum absolute atomic E-state index is 13.7. The van der Waals surface area contributed by atoms with E-state index in [1.807, 2.05) is 4.90 Å². The molecule has 3 unspecified atom stereocenters. The maximum atomic E-state index is 13.7. The zero-order valence-electron chi connectivity index (χ0n) is 16.2. The first-order valence-corrected chi connectivity index (χ1v) is 10.8. The maximum Gasteiger partial charge on any atom is 0.396 e. The van der Waals surface area contributed by atoms with Crippen LogP contribution in [0.4, 0.5) is 19.2 Å². The van der Waals surface area contributed by atoms with E-state index >= 15 is 0 Å². The number of fused-ring (bicyclic) bond motifs is 3. The third kappa shape index (κ3) is 3.87. The highest BCUT2D eigenvalue weighted by Crippen LogP contribution is 2.42. The topological polar surface area (TPSA) is 91.5 Å². The summed E-state index contributed by atoms with van der Waals surface area (Å²) >= 11 is 1.27. The Morgan fingerprint density at radius 1 is 1.32 bits per heavy atom. The molecule has 3 aromatic rings. The number of piperazine rings is 1. The van der Waals surface area contributed by atoms with Crippen molar-refractivity contribution in [3.05, 3.63) is 29.3 Å². The van der Waals surface area contributed by atoms with Gasteiger partial charge in [0.05, 0.1) is 17.9 Å². The van der Waals surface area contributed by atoms with Crippen LogP contribution >= 0.6 is 11.3 Å². The van der Waals surface area contributed by atoms with Gasteiger partial charge in [-0.1, -0.05) is 0 Å². The lowest BCUT2D eigenvalue weighted by molar-refractivity contribution is -0.163. The van der Waals surface area contributed by atoms with Crippen molar-refractivity contribution in [2.45, 2.75) is 43.4 Å². The van der Waals surface area contributed by atoms with Crippen LogP contribution < -0.4 is 10.2 Å². The molecule has 2 saturated heterocycles. The van der Waals surface area contributed by atoms with Crippen molar-refractivity contribution in [2.24, 2.45) is 0 Å². The number of anilines is 1. The van der Waals surface area contributed by atoms with E-state index in [1.54, 1.807) is 11.6 Å². The van der Waals surface area contributed by atoms with Crippen LogP contribution in [-0.4, -0.2) is 52.4 Å². The minimum absolute atomic E-state index is 0.159. The zero-order chi connectivity index (χ0) is 21.8. The van der Waals surface area contributed by atoms with Gasteiger partial charge >= 0.3 is 12.1 Å². The molecule has 2 N–H and O–H groups in total. The van der Waals surface area contributed by atoms with Gasteiger partial charge in [-0.15, -0.1) is 11.3 Å². The molecule has 2 aliphatic rings. The highest BCUT2D eigenvalue weighted by molar-refractivity contribution is 7.13. The average molecular weight is 452 g/mol. The van der Waals surface area contributed by atoms with Gasteiger partial charge in [0.15, 0.2) is 5.58 Å². The van der Waals surface area contributed by atoms with E-state index in [4.69, 9.17) is 9.52 Å². The Balaban J connectivity index is 1.62.